The summed E-state index contributed by atoms with van der Waals surface area (Å²) in [5.74, 6) is 0.271. The van der Waals surface area contributed by atoms with Crippen LogP contribution in [-0.2, 0) is 11.3 Å². The summed E-state index contributed by atoms with van der Waals surface area (Å²) in [5, 5.41) is 3.27. The Balaban J connectivity index is 1.78. The predicted molar refractivity (Wildman–Crippen MR) is 54.2 cm³/mol. The van der Waals surface area contributed by atoms with E-state index < -0.39 is 6.55 Å². The second kappa shape index (κ2) is 5.36. The molecule has 2 rings (SSSR count). The lowest BCUT2D eigenvalue weighted by Crippen LogP contribution is -2.26. The highest BCUT2D eigenvalue weighted by Gasteiger charge is 2.15. The molecule has 16 heavy (non-hydrogen) atoms. The van der Waals surface area contributed by atoms with Crippen molar-refractivity contribution < 1.29 is 13.5 Å². The molecule has 2 heterocycles. The third-order valence-corrected chi connectivity index (χ3v) is 2.67. The number of hydrogen-bond acceptors (Lipinski definition) is 3. The van der Waals surface area contributed by atoms with Gasteiger partial charge in [0.25, 0.3) is 0 Å². The lowest BCUT2D eigenvalue weighted by molar-refractivity contribution is 0.0491. The minimum atomic E-state index is -2.55. The maximum atomic E-state index is 12.4. The van der Waals surface area contributed by atoms with Gasteiger partial charge in [0.15, 0.2) is 0 Å². The molecule has 1 unspecified atom stereocenters. The van der Waals surface area contributed by atoms with E-state index in [1.165, 1.54) is 12.4 Å². The maximum Gasteiger partial charge on any atom is 0.320 e. The van der Waals surface area contributed by atoms with Gasteiger partial charge < -0.3 is 10.1 Å². The first-order chi connectivity index (χ1) is 7.77. The van der Waals surface area contributed by atoms with Gasteiger partial charge in [0, 0.05) is 18.4 Å². The molecular formula is C10H15F2N3O. The average Bonchev–Trinajstić information content (AvgIpc) is 2.87. The fourth-order valence-electron chi connectivity index (χ4n) is 1.82. The number of aromatic nitrogens is 2. The average molecular weight is 231 g/mol. The minimum Gasteiger partial charge on any atom is -0.372 e. The van der Waals surface area contributed by atoms with Gasteiger partial charge in [0.1, 0.15) is 12.4 Å². The summed E-state index contributed by atoms with van der Waals surface area (Å²) in [5.41, 5.74) is 0. The highest BCUT2D eigenvalue weighted by Crippen LogP contribution is 2.13. The van der Waals surface area contributed by atoms with Crippen molar-refractivity contribution in [2.24, 2.45) is 0 Å². The quantitative estimate of drug-likeness (QED) is 0.835. The van der Waals surface area contributed by atoms with Crippen LogP contribution in [0.5, 0.6) is 0 Å². The number of alkyl halides is 2. The van der Waals surface area contributed by atoms with Crippen LogP contribution >= 0.6 is 0 Å². The first-order valence-electron chi connectivity index (χ1n) is 5.38. The van der Waals surface area contributed by atoms with Crippen LogP contribution in [0.3, 0.4) is 0 Å². The molecule has 0 aliphatic carbocycles. The molecule has 90 valence electrons. The van der Waals surface area contributed by atoms with Crippen LogP contribution in [0.15, 0.2) is 12.4 Å². The van der Waals surface area contributed by atoms with E-state index in [0.717, 1.165) is 24.0 Å². The van der Waals surface area contributed by atoms with Gasteiger partial charge in [-0.3, -0.25) is 4.57 Å². The van der Waals surface area contributed by atoms with Crippen molar-refractivity contribution in [2.75, 3.05) is 13.2 Å². The van der Waals surface area contributed by atoms with E-state index in [-0.39, 0.29) is 12.4 Å². The third kappa shape index (κ3) is 2.76. The molecule has 1 aliphatic heterocycles. The molecule has 0 radical (unpaired) electrons. The molecule has 1 atom stereocenters. The van der Waals surface area contributed by atoms with E-state index in [1.54, 1.807) is 0 Å². The molecule has 1 N–H and O–H groups in total. The van der Waals surface area contributed by atoms with Gasteiger partial charge in [-0.15, -0.1) is 0 Å². The van der Waals surface area contributed by atoms with E-state index in [9.17, 15) is 8.78 Å². The van der Waals surface area contributed by atoms with Gasteiger partial charge >= 0.3 is 6.55 Å². The minimum absolute atomic E-state index is 0.134. The number of imidazole rings is 1. The lowest BCUT2D eigenvalue weighted by Gasteiger charge is -2.11. The monoisotopic (exact) mass is 231 g/mol. The molecule has 0 aromatic carbocycles. The van der Waals surface area contributed by atoms with E-state index in [4.69, 9.17) is 4.74 Å². The molecule has 1 aromatic rings. The molecule has 0 amide bonds. The highest BCUT2D eigenvalue weighted by molar-refractivity contribution is 4.90. The van der Waals surface area contributed by atoms with E-state index in [1.807, 2.05) is 0 Å². The van der Waals surface area contributed by atoms with E-state index in [0.29, 0.717) is 12.6 Å². The van der Waals surface area contributed by atoms with Gasteiger partial charge in [0.2, 0.25) is 0 Å². The lowest BCUT2D eigenvalue weighted by atomic mass is 10.2. The van der Waals surface area contributed by atoms with E-state index >= 15 is 0 Å². The molecule has 0 bridgehead atoms. The van der Waals surface area contributed by atoms with Crippen LogP contribution in [0.4, 0.5) is 8.78 Å². The standard InChI is InChI=1S/C10H15F2N3O/c11-10(12)15-5-4-14-9(15)7-16-6-8-2-1-3-13-8/h4-5,8,10,13H,1-3,6-7H2. The Kier molecular flexibility index (Phi) is 3.84. The number of ether oxygens (including phenoxy) is 1. The van der Waals surface area contributed by atoms with Crippen molar-refractivity contribution in [1.82, 2.24) is 14.9 Å². The SMILES string of the molecule is FC(F)n1ccnc1COCC1CCCN1. The summed E-state index contributed by atoms with van der Waals surface area (Å²) in [6.45, 7) is -0.851. The molecular weight excluding hydrogens is 216 g/mol. The third-order valence-electron chi connectivity index (χ3n) is 2.67. The molecule has 1 aromatic heterocycles. The van der Waals surface area contributed by atoms with Crippen molar-refractivity contribution in [3.05, 3.63) is 18.2 Å². The van der Waals surface area contributed by atoms with Gasteiger partial charge in [0.05, 0.1) is 6.61 Å². The molecule has 1 fully saturated rings. The zero-order valence-corrected chi connectivity index (χ0v) is 8.90. The summed E-state index contributed by atoms with van der Waals surface area (Å²) in [7, 11) is 0. The second-order valence-electron chi connectivity index (χ2n) is 3.84. The predicted octanol–water partition coefficient (Wildman–Crippen LogP) is 1.55. The van der Waals surface area contributed by atoms with Crippen LogP contribution in [-0.4, -0.2) is 28.7 Å². The Morgan fingerprint density at radius 3 is 3.19 bits per heavy atom. The smallest absolute Gasteiger partial charge is 0.320 e. The summed E-state index contributed by atoms with van der Waals surface area (Å²) in [4.78, 5) is 3.84. The highest BCUT2D eigenvalue weighted by atomic mass is 19.3. The Hall–Kier alpha value is -1.01. The number of nitrogens with zero attached hydrogens (tertiary/aromatic N) is 2. The van der Waals surface area contributed by atoms with Gasteiger partial charge in [-0.05, 0) is 19.4 Å². The second-order valence-corrected chi connectivity index (χ2v) is 3.84. The fraction of sp³-hybridized carbons (Fsp3) is 0.700. The van der Waals surface area contributed by atoms with Crippen LogP contribution < -0.4 is 5.32 Å². The number of nitrogens with one attached hydrogen (secondary N) is 1. The maximum absolute atomic E-state index is 12.4. The fourth-order valence-corrected chi connectivity index (χ4v) is 1.82. The van der Waals surface area contributed by atoms with Crippen LogP contribution in [0, 0.1) is 0 Å². The Morgan fingerprint density at radius 2 is 2.50 bits per heavy atom. The number of rotatable bonds is 5. The van der Waals surface area contributed by atoms with Crippen molar-refractivity contribution in [2.45, 2.75) is 32.0 Å². The van der Waals surface area contributed by atoms with Crippen LogP contribution in [0.2, 0.25) is 0 Å². The number of halogens is 2. The summed E-state index contributed by atoms with van der Waals surface area (Å²) in [6.07, 6.45) is 4.86. The normalized spacial score (nSPS) is 20.8. The van der Waals surface area contributed by atoms with Gasteiger partial charge in [-0.1, -0.05) is 0 Å². The Bertz CT molecular complexity index is 324. The molecule has 1 saturated heterocycles. The van der Waals surface area contributed by atoms with Crippen molar-refractivity contribution in [3.63, 3.8) is 0 Å². The Morgan fingerprint density at radius 1 is 1.62 bits per heavy atom. The van der Waals surface area contributed by atoms with Crippen LogP contribution in [0.1, 0.15) is 25.2 Å². The molecule has 4 nitrogen and oxygen atoms in total. The van der Waals surface area contributed by atoms with Crippen molar-refractivity contribution in [1.29, 1.82) is 0 Å². The first kappa shape index (κ1) is 11.5. The Labute approximate surface area is 92.6 Å². The van der Waals surface area contributed by atoms with Gasteiger partial charge in [-0.25, -0.2) is 4.98 Å². The molecule has 6 heteroatoms. The zero-order valence-electron chi connectivity index (χ0n) is 8.90. The van der Waals surface area contributed by atoms with Crippen molar-refractivity contribution >= 4 is 0 Å². The zero-order chi connectivity index (χ0) is 11.4. The van der Waals surface area contributed by atoms with Crippen molar-refractivity contribution in [3.8, 4) is 0 Å². The molecule has 1 aliphatic rings. The summed E-state index contributed by atoms with van der Waals surface area (Å²) < 4.78 is 31.1. The largest absolute Gasteiger partial charge is 0.372 e. The molecule has 0 spiro atoms. The van der Waals surface area contributed by atoms with Crippen LogP contribution in [0.25, 0.3) is 0 Å². The molecule has 0 saturated carbocycles. The van der Waals surface area contributed by atoms with Gasteiger partial charge in [-0.2, -0.15) is 8.78 Å². The summed E-state index contributed by atoms with van der Waals surface area (Å²) in [6, 6.07) is 0.356. The topological polar surface area (TPSA) is 39.1 Å². The summed E-state index contributed by atoms with van der Waals surface area (Å²) >= 11 is 0. The first-order valence-corrected chi connectivity index (χ1v) is 5.38. The van der Waals surface area contributed by atoms with E-state index in [2.05, 4.69) is 10.3 Å². The number of hydrogen-bond donors (Lipinski definition) is 1.